The molecule has 5 nitrogen and oxygen atoms in total. The standard InChI is InChI=1S/C19H16ClN3O2S2/c1-3-23-13-6-4-5-7-14(13)27-19(2,17(23)25)16(24)22-18-21-12-9-8-11(20)10-15(12)26-18/h4-10H,3H2,1-2H3,(H,21,22,24). The highest BCUT2D eigenvalue weighted by molar-refractivity contribution is 8.02. The predicted octanol–water partition coefficient (Wildman–Crippen LogP) is 4.81. The predicted molar refractivity (Wildman–Crippen MR) is 112 cm³/mol. The lowest BCUT2D eigenvalue weighted by molar-refractivity contribution is -0.128. The van der Waals surface area contributed by atoms with Crippen LogP contribution in [0, 0.1) is 0 Å². The fourth-order valence-corrected chi connectivity index (χ4v) is 5.37. The molecule has 2 heterocycles. The number of thioether (sulfide) groups is 1. The summed E-state index contributed by atoms with van der Waals surface area (Å²) in [6, 6.07) is 13.0. The molecule has 0 bridgehead atoms. The molecule has 0 saturated carbocycles. The van der Waals surface area contributed by atoms with Crippen molar-refractivity contribution >= 4 is 67.5 Å². The Hall–Kier alpha value is -2.09. The van der Waals surface area contributed by atoms with E-state index in [1.165, 1.54) is 23.1 Å². The molecule has 0 saturated heterocycles. The second-order valence-electron chi connectivity index (χ2n) is 6.24. The van der Waals surface area contributed by atoms with Gasteiger partial charge in [-0.3, -0.25) is 9.59 Å². The number of carbonyl (C=O) groups excluding carboxylic acids is 2. The van der Waals surface area contributed by atoms with Gasteiger partial charge in [0, 0.05) is 16.5 Å². The number of nitrogens with one attached hydrogen (secondary N) is 1. The minimum absolute atomic E-state index is 0.227. The van der Waals surface area contributed by atoms with Crippen molar-refractivity contribution in [2.24, 2.45) is 0 Å². The molecule has 3 aromatic rings. The van der Waals surface area contributed by atoms with Crippen LogP contribution < -0.4 is 10.2 Å². The maximum atomic E-state index is 13.1. The SMILES string of the molecule is CCN1C(=O)C(C)(C(=O)Nc2nc3ccc(Cl)cc3s2)Sc2ccccc21. The summed E-state index contributed by atoms with van der Waals surface area (Å²) in [5.74, 6) is -0.606. The molecule has 1 atom stereocenters. The van der Waals surface area contributed by atoms with Gasteiger partial charge >= 0.3 is 0 Å². The van der Waals surface area contributed by atoms with Gasteiger partial charge in [-0.25, -0.2) is 4.98 Å². The van der Waals surface area contributed by atoms with Crippen LogP contribution in [0.4, 0.5) is 10.8 Å². The molecule has 8 heteroatoms. The first-order valence-electron chi connectivity index (χ1n) is 8.40. The van der Waals surface area contributed by atoms with Gasteiger partial charge in [0.25, 0.3) is 11.8 Å². The number of hydrogen-bond donors (Lipinski definition) is 1. The van der Waals surface area contributed by atoms with Crippen molar-refractivity contribution < 1.29 is 9.59 Å². The van der Waals surface area contributed by atoms with Crippen LogP contribution in [0.1, 0.15) is 13.8 Å². The van der Waals surface area contributed by atoms with Crippen LogP contribution in [-0.2, 0) is 9.59 Å². The Kier molecular flexibility index (Phi) is 4.61. The van der Waals surface area contributed by atoms with Gasteiger partial charge in [-0.2, -0.15) is 0 Å². The number of benzene rings is 2. The average Bonchev–Trinajstić information content (AvgIpc) is 3.04. The monoisotopic (exact) mass is 417 g/mol. The van der Waals surface area contributed by atoms with Gasteiger partial charge in [-0.15, -0.1) is 0 Å². The molecule has 27 heavy (non-hydrogen) atoms. The maximum absolute atomic E-state index is 13.1. The van der Waals surface area contributed by atoms with E-state index in [9.17, 15) is 9.59 Å². The Balaban J connectivity index is 1.66. The summed E-state index contributed by atoms with van der Waals surface area (Å²) in [6.45, 7) is 4.07. The summed E-state index contributed by atoms with van der Waals surface area (Å²) >= 11 is 8.62. The molecule has 0 radical (unpaired) electrons. The molecule has 1 N–H and O–H groups in total. The van der Waals surface area contributed by atoms with Crippen LogP contribution in [0.15, 0.2) is 47.4 Å². The molecular weight excluding hydrogens is 402 g/mol. The Morgan fingerprint density at radius 3 is 2.85 bits per heavy atom. The summed E-state index contributed by atoms with van der Waals surface area (Å²) in [6.07, 6.45) is 0. The molecule has 0 spiro atoms. The van der Waals surface area contributed by atoms with Crippen LogP contribution in [0.3, 0.4) is 0 Å². The average molecular weight is 418 g/mol. The summed E-state index contributed by atoms with van der Waals surface area (Å²) < 4.78 is -0.383. The number of aromatic nitrogens is 1. The van der Waals surface area contributed by atoms with Crippen molar-refractivity contribution in [2.45, 2.75) is 23.5 Å². The molecule has 1 aromatic heterocycles. The smallest absolute Gasteiger partial charge is 0.252 e. The van der Waals surface area contributed by atoms with E-state index in [0.717, 1.165) is 20.8 Å². The van der Waals surface area contributed by atoms with Gasteiger partial charge < -0.3 is 10.2 Å². The lowest BCUT2D eigenvalue weighted by Crippen LogP contribution is -2.54. The second kappa shape index (κ2) is 6.82. The Labute approximate surface area is 169 Å². The van der Waals surface area contributed by atoms with Crippen molar-refractivity contribution in [2.75, 3.05) is 16.8 Å². The van der Waals surface area contributed by atoms with Gasteiger partial charge in [-0.05, 0) is 44.2 Å². The van der Waals surface area contributed by atoms with Crippen LogP contribution in [-0.4, -0.2) is 28.1 Å². The molecule has 0 fully saturated rings. The van der Waals surface area contributed by atoms with E-state index in [0.29, 0.717) is 16.7 Å². The van der Waals surface area contributed by atoms with E-state index in [1.54, 1.807) is 24.0 Å². The number of carbonyl (C=O) groups is 2. The largest absolute Gasteiger partial charge is 0.310 e. The van der Waals surface area contributed by atoms with E-state index < -0.39 is 4.75 Å². The molecule has 2 amide bonds. The first kappa shape index (κ1) is 18.3. The minimum Gasteiger partial charge on any atom is -0.310 e. The lowest BCUT2D eigenvalue weighted by atomic mass is 10.1. The molecule has 138 valence electrons. The van der Waals surface area contributed by atoms with Gasteiger partial charge in [0.05, 0.1) is 15.9 Å². The number of rotatable bonds is 3. The highest BCUT2D eigenvalue weighted by Gasteiger charge is 2.49. The first-order valence-corrected chi connectivity index (χ1v) is 10.4. The zero-order valence-electron chi connectivity index (χ0n) is 14.7. The van der Waals surface area contributed by atoms with E-state index in [-0.39, 0.29) is 11.8 Å². The normalized spacial score (nSPS) is 19.2. The van der Waals surface area contributed by atoms with Crippen molar-refractivity contribution in [1.29, 1.82) is 0 Å². The van der Waals surface area contributed by atoms with E-state index in [4.69, 9.17) is 11.6 Å². The summed E-state index contributed by atoms with van der Waals surface area (Å²) in [7, 11) is 0. The van der Waals surface area contributed by atoms with Gasteiger partial charge in [-0.1, -0.05) is 46.8 Å². The number of hydrogen-bond acceptors (Lipinski definition) is 5. The fraction of sp³-hybridized carbons (Fsp3) is 0.211. The second-order valence-corrected chi connectivity index (χ2v) is 9.17. The van der Waals surface area contributed by atoms with Crippen molar-refractivity contribution in [3.05, 3.63) is 47.5 Å². The third-order valence-corrected chi connectivity index (χ3v) is 6.95. The van der Waals surface area contributed by atoms with Gasteiger partial charge in [0.1, 0.15) is 0 Å². The zero-order valence-corrected chi connectivity index (χ0v) is 17.0. The highest BCUT2D eigenvalue weighted by Crippen LogP contribution is 2.45. The number of fused-ring (bicyclic) bond motifs is 2. The molecule has 4 rings (SSSR count). The minimum atomic E-state index is -1.26. The number of nitrogens with zero attached hydrogens (tertiary/aromatic N) is 2. The fourth-order valence-electron chi connectivity index (χ4n) is 3.02. The number of thiazole rings is 1. The van der Waals surface area contributed by atoms with Crippen LogP contribution in [0.25, 0.3) is 10.2 Å². The Morgan fingerprint density at radius 2 is 2.07 bits per heavy atom. The Bertz CT molecular complexity index is 1070. The molecule has 2 aromatic carbocycles. The molecule has 1 aliphatic heterocycles. The summed E-state index contributed by atoms with van der Waals surface area (Å²) in [5, 5.41) is 3.89. The maximum Gasteiger partial charge on any atom is 0.252 e. The Morgan fingerprint density at radius 1 is 1.30 bits per heavy atom. The molecule has 1 unspecified atom stereocenters. The van der Waals surface area contributed by atoms with Crippen molar-refractivity contribution in [1.82, 2.24) is 4.98 Å². The van der Waals surface area contributed by atoms with Crippen LogP contribution in [0.5, 0.6) is 0 Å². The highest BCUT2D eigenvalue weighted by atomic mass is 35.5. The van der Waals surface area contributed by atoms with Crippen molar-refractivity contribution in [3.8, 4) is 0 Å². The number of halogens is 1. The topological polar surface area (TPSA) is 62.3 Å². The van der Waals surface area contributed by atoms with E-state index >= 15 is 0 Å². The zero-order chi connectivity index (χ0) is 19.2. The summed E-state index contributed by atoms with van der Waals surface area (Å²) in [5.41, 5.74) is 1.60. The number of amides is 2. The molecular formula is C19H16ClN3O2S2. The van der Waals surface area contributed by atoms with Gasteiger partial charge in [0.15, 0.2) is 9.88 Å². The van der Waals surface area contributed by atoms with E-state index in [1.807, 2.05) is 37.3 Å². The third-order valence-electron chi connectivity index (χ3n) is 4.44. The van der Waals surface area contributed by atoms with E-state index in [2.05, 4.69) is 10.3 Å². The van der Waals surface area contributed by atoms with Crippen molar-refractivity contribution in [3.63, 3.8) is 0 Å². The molecule has 0 aliphatic carbocycles. The first-order chi connectivity index (χ1) is 12.9. The summed E-state index contributed by atoms with van der Waals surface area (Å²) in [4.78, 5) is 33.2. The number of para-hydroxylation sites is 1. The number of anilines is 2. The van der Waals surface area contributed by atoms with Crippen LogP contribution >= 0.6 is 34.7 Å². The molecule has 1 aliphatic rings. The quantitative estimate of drug-likeness (QED) is 0.621. The third kappa shape index (κ3) is 3.09. The lowest BCUT2D eigenvalue weighted by Gasteiger charge is -2.38. The van der Waals surface area contributed by atoms with Gasteiger partial charge in [0.2, 0.25) is 0 Å². The van der Waals surface area contributed by atoms with Crippen LogP contribution in [0.2, 0.25) is 5.02 Å².